The van der Waals surface area contributed by atoms with Gasteiger partial charge in [0.15, 0.2) is 0 Å². The Morgan fingerprint density at radius 2 is 1.93 bits per heavy atom. The van der Waals surface area contributed by atoms with Gasteiger partial charge in [0.25, 0.3) is 0 Å². The number of allylic oxidation sites excluding steroid dienone is 4. The van der Waals surface area contributed by atoms with Gasteiger partial charge < -0.3 is 4.74 Å². The standard InChI is InChI=1S/C12H18O2/c1-3-4-5-6-7-8-9-10-11-12(13)14-2/h3-5,10-11H,1,6-9H2,2H3/b5-4+,11-10-. The lowest BCUT2D eigenvalue weighted by Crippen LogP contribution is -1.93. The summed E-state index contributed by atoms with van der Waals surface area (Å²) >= 11 is 0. The fourth-order valence-electron chi connectivity index (χ4n) is 0.964. The average Bonchev–Trinajstić information content (AvgIpc) is 2.21. The van der Waals surface area contributed by atoms with E-state index in [9.17, 15) is 4.79 Å². The van der Waals surface area contributed by atoms with E-state index in [0.29, 0.717) is 0 Å². The number of methoxy groups -OCH3 is 1. The van der Waals surface area contributed by atoms with Crippen LogP contribution in [0.25, 0.3) is 0 Å². The zero-order valence-corrected chi connectivity index (χ0v) is 8.74. The minimum atomic E-state index is -0.281. The van der Waals surface area contributed by atoms with Gasteiger partial charge >= 0.3 is 5.97 Å². The predicted molar refractivity (Wildman–Crippen MR) is 59.0 cm³/mol. The minimum absolute atomic E-state index is 0.281. The quantitative estimate of drug-likeness (QED) is 0.269. The van der Waals surface area contributed by atoms with Gasteiger partial charge in [-0.2, -0.15) is 0 Å². The molecule has 14 heavy (non-hydrogen) atoms. The molecule has 0 rings (SSSR count). The molecule has 0 N–H and O–H groups in total. The number of unbranched alkanes of at least 4 members (excludes halogenated alkanes) is 3. The van der Waals surface area contributed by atoms with Crippen LogP contribution >= 0.6 is 0 Å². The smallest absolute Gasteiger partial charge is 0.330 e. The Bertz CT molecular complexity index is 214. The van der Waals surface area contributed by atoms with Crippen molar-refractivity contribution in [2.45, 2.75) is 25.7 Å². The summed E-state index contributed by atoms with van der Waals surface area (Å²) in [6, 6.07) is 0. The molecule has 0 saturated carbocycles. The van der Waals surface area contributed by atoms with Crippen LogP contribution in [0.2, 0.25) is 0 Å². The van der Waals surface area contributed by atoms with Crippen molar-refractivity contribution in [1.82, 2.24) is 0 Å². The molecule has 0 amide bonds. The predicted octanol–water partition coefficient (Wildman–Crippen LogP) is 3.02. The topological polar surface area (TPSA) is 26.3 Å². The van der Waals surface area contributed by atoms with Crippen molar-refractivity contribution >= 4 is 5.97 Å². The van der Waals surface area contributed by atoms with Crippen molar-refractivity contribution < 1.29 is 9.53 Å². The lowest BCUT2D eigenvalue weighted by molar-refractivity contribution is -0.134. The summed E-state index contributed by atoms with van der Waals surface area (Å²) in [4.78, 5) is 10.7. The van der Waals surface area contributed by atoms with Gasteiger partial charge in [0, 0.05) is 6.08 Å². The molecule has 0 atom stereocenters. The number of hydrogen-bond acceptors (Lipinski definition) is 2. The third-order valence-electron chi connectivity index (χ3n) is 1.72. The third kappa shape index (κ3) is 8.78. The zero-order valence-electron chi connectivity index (χ0n) is 8.74. The van der Waals surface area contributed by atoms with Crippen LogP contribution in [0.4, 0.5) is 0 Å². The lowest BCUT2D eigenvalue weighted by Gasteiger charge is -1.92. The normalized spacial score (nSPS) is 10.9. The maximum atomic E-state index is 10.7. The van der Waals surface area contributed by atoms with E-state index in [1.165, 1.54) is 13.2 Å². The number of hydrogen-bond donors (Lipinski definition) is 0. The molecule has 78 valence electrons. The molecule has 0 aromatic rings. The number of carbonyl (C=O) groups is 1. The molecular formula is C12H18O2. The number of rotatable bonds is 7. The zero-order chi connectivity index (χ0) is 10.6. The van der Waals surface area contributed by atoms with Crippen LogP contribution < -0.4 is 0 Å². The largest absolute Gasteiger partial charge is 0.466 e. The van der Waals surface area contributed by atoms with Gasteiger partial charge in [0.05, 0.1) is 7.11 Å². The molecule has 0 aromatic carbocycles. The highest BCUT2D eigenvalue weighted by molar-refractivity contribution is 5.81. The summed E-state index contributed by atoms with van der Waals surface area (Å²) in [5, 5.41) is 0. The van der Waals surface area contributed by atoms with Crippen molar-refractivity contribution in [3.63, 3.8) is 0 Å². The Kier molecular flexibility index (Phi) is 8.86. The Morgan fingerprint density at radius 1 is 1.29 bits per heavy atom. The highest BCUT2D eigenvalue weighted by atomic mass is 16.5. The van der Waals surface area contributed by atoms with Crippen molar-refractivity contribution in [3.8, 4) is 0 Å². The summed E-state index contributed by atoms with van der Waals surface area (Å²) in [6.45, 7) is 3.59. The molecule has 0 aliphatic heterocycles. The molecule has 2 heteroatoms. The highest BCUT2D eigenvalue weighted by Crippen LogP contribution is 2.01. The first-order valence-electron chi connectivity index (χ1n) is 4.83. The van der Waals surface area contributed by atoms with Gasteiger partial charge in [-0.3, -0.25) is 0 Å². The summed E-state index contributed by atoms with van der Waals surface area (Å²) in [7, 11) is 1.38. The first kappa shape index (κ1) is 12.7. The van der Waals surface area contributed by atoms with E-state index in [1.54, 1.807) is 6.08 Å². The Balaban J connectivity index is 3.29. The van der Waals surface area contributed by atoms with Crippen LogP contribution in [-0.4, -0.2) is 13.1 Å². The molecule has 0 unspecified atom stereocenters. The molecule has 0 saturated heterocycles. The van der Waals surface area contributed by atoms with Crippen LogP contribution in [0.15, 0.2) is 37.0 Å². The highest BCUT2D eigenvalue weighted by Gasteiger charge is 1.89. The van der Waals surface area contributed by atoms with E-state index >= 15 is 0 Å². The average molecular weight is 194 g/mol. The first-order chi connectivity index (χ1) is 6.81. The van der Waals surface area contributed by atoms with Gasteiger partial charge in [-0.05, 0) is 25.7 Å². The minimum Gasteiger partial charge on any atom is -0.466 e. The number of carbonyl (C=O) groups excluding carboxylic acids is 1. The van der Waals surface area contributed by atoms with Crippen molar-refractivity contribution in [3.05, 3.63) is 37.0 Å². The monoisotopic (exact) mass is 194 g/mol. The van der Waals surface area contributed by atoms with E-state index < -0.39 is 0 Å². The Morgan fingerprint density at radius 3 is 2.50 bits per heavy atom. The second kappa shape index (κ2) is 9.78. The molecule has 0 heterocycles. The van der Waals surface area contributed by atoms with Gasteiger partial charge in [-0.25, -0.2) is 4.79 Å². The molecule has 0 radical (unpaired) electrons. The van der Waals surface area contributed by atoms with Gasteiger partial charge in [0.1, 0.15) is 0 Å². The first-order valence-corrected chi connectivity index (χ1v) is 4.83. The molecule has 0 aromatic heterocycles. The fraction of sp³-hybridized carbons (Fsp3) is 0.417. The number of esters is 1. The van der Waals surface area contributed by atoms with Crippen LogP contribution in [0.1, 0.15) is 25.7 Å². The van der Waals surface area contributed by atoms with E-state index in [-0.39, 0.29) is 5.97 Å². The Labute approximate surface area is 86.0 Å². The summed E-state index contributed by atoms with van der Waals surface area (Å²) in [5.74, 6) is -0.281. The second-order valence-corrected chi connectivity index (χ2v) is 2.87. The SMILES string of the molecule is C=C/C=C/CCCC/C=C\C(=O)OC. The number of ether oxygens (including phenoxy) is 1. The van der Waals surface area contributed by atoms with Crippen molar-refractivity contribution in [2.24, 2.45) is 0 Å². The van der Waals surface area contributed by atoms with Crippen LogP contribution in [0.5, 0.6) is 0 Å². The van der Waals surface area contributed by atoms with Gasteiger partial charge in [-0.1, -0.05) is 30.9 Å². The van der Waals surface area contributed by atoms with Crippen LogP contribution in [0, 0.1) is 0 Å². The Hall–Kier alpha value is -1.31. The second-order valence-electron chi connectivity index (χ2n) is 2.87. The van der Waals surface area contributed by atoms with E-state index in [1.807, 2.05) is 12.2 Å². The van der Waals surface area contributed by atoms with E-state index in [0.717, 1.165) is 25.7 Å². The molecular weight excluding hydrogens is 176 g/mol. The summed E-state index contributed by atoms with van der Waals surface area (Å²) < 4.78 is 4.46. The van der Waals surface area contributed by atoms with E-state index in [4.69, 9.17) is 0 Å². The van der Waals surface area contributed by atoms with Crippen molar-refractivity contribution in [1.29, 1.82) is 0 Å². The van der Waals surface area contributed by atoms with Crippen molar-refractivity contribution in [2.75, 3.05) is 7.11 Å². The molecule has 2 nitrogen and oxygen atoms in total. The fourth-order valence-corrected chi connectivity index (χ4v) is 0.964. The van der Waals surface area contributed by atoms with Crippen LogP contribution in [-0.2, 0) is 9.53 Å². The van der Waals surface area contributed by atoms with Gasteiger partial charge in [0.2, 0.25) is 0 Å². The van der Waals surface area contributed by atoms with Gasteiger partial charge in [-0.15, -0.1) is 0 Å². The summed E-state index contributed by atoms with van der Waals surface area (Å²) in [6.07, 6.45) is 13.4. The van der Waals surface area contributed by atoms with E-state index in [2.05, 4.69) is 17.4 Å². The molecule has 0 spiro atoms. The molecule has 0 fully saturated rings. The molecule has 0 aliphatic rings. The third-order valence-corrected chi connectivity index (χ3v) is 1.72. The maximum Gasteiger partial charge on any atom is 0.330 e. The lowest BCUT2D eigenvalue weighted by atomic mass is 10.2. The molecule has 0 bridgehead atoms. The van der Waals surface area contributed by atoms with Crippen LogP contribution in [0.3, 0.4) is 0 Å². The molecule has 0 aliphatic carbocycles. The maximum absolute atomic E-state index is 10.7. The summed E-state index contributed by atoms with van der Waals surface area (Å²) in [5.41, 5.74) is 0.